The van der Waals surface area contributed by atoms with Crippen LogP contribution in [0.1, 0.15) is 24.0 Å². The number of hydrogen-bond donors (Lipinski definition) is 1. The van der Waals surface area contributed by atoms with E-state index in [-0.39, 0.29) is 0 Å². The zero-order valence-corrected chi connectivity index (χ0v) is 10.4. The quantitative estimate of drug-likeness (QED) is 0.890. The van der Waals surface area contributed by atoms with Crippen LogP contribution in [0, 0.1) is 17.2 Å². The molecular formula is C14H15ClN2. The molecule has 1 atom stereocenters. The van der Waals surface area contributed by atoms with Crippen molar-refractivity contribution in [1.29, 1.82) is 5.26 Å². The van der Waals surface area contributed by atoms with Crippen LogP contribution in [-0.2, 0) is 12.8 Å². The van der Waals surface area contributed by atoms with E-state index in [1.54, 1.807) is 0 Å². The molecule has 1 aromatic rings. The fourth-order valence-electron chi connectivity index (χ4n) is 2.55. The molecule has 1 unspecified atom stereocenters. The summed E-state index contributed by atoms with van der Waals surface area (Å²) in [6.45, 7) is 0.981. The fourth-order valence-corrected chi connectivity index (χ4v) is 2.74. The largest absolute Gasteiger partial charge is 0.299 e. The summed E-state index contributed by atoms with van der Waals surface area (Å²) in [6.07, 6.45) is 4.22. The van der Waals surface area contributed by atoms with E-state index in [9.17, 15) is 5.26 Å². The molecular weight excluding hydrogens is 232 g/mol. The first-order chi connectivity index (χ1) is 8.21. The van der Waals surface area contributed by atoms with E-state index in [2.05, 4.69) is 17.5 Å². The highest BCUT2D eigenvalue weighted by molar-refractivity contribution is 6.30. The van der Waals surface area contributed by atoms with Crippen molar-refractivity contribution < 1.29 is 0 Å². The minimum atomic E-state index is -0.393. The van der Waals surface area contributed by atoms with Crippen molar-refractivity contribution in [1.82, 2.24) is 5.32 Å². The molecule has 1 aromatic carbocycles. The van der Waals surface area contributed by atoms with Gasteiger partial charge in [-0.15, -0.1) is 0 Å². The molecule has 2 aliphatic carbocycles. The molecule has 0 saturated heterocycles. The van der Waals surface area contributed by atoms with E-state index in [1.807, 2.05) is 12.1 Å². The van der Waals surface area contributed by atoms with Gasteiger partial charge in [-0.2, -0.15) is 5.26 Å². The predicted octanol–water partition coefficient (Wildman–Crippen LogP) is 2.70. The molecule has 2 nitrogen and oxygen atoms in total. The summed E-state index contributed by atoms with van der Waals surface area (Å²) in [5.41, 5.74) is 2.09. The van der Waals surface area contributed by atoms with Crippen molar-refractivity contribution >= 4 is 11.6 Å². The third-order valence-electron chi connectivity index (χ3n) is 3.79. The lowest BCUT2D eigenvalue weighted by Crippen LogP contribution is -2.45. The normalized spacial score (nSPS) is 26.6. The van der Waals surface area contributed by atoms with Gasteiger partial charge in [0.25, 0.3) is 0 Å². The van der Waals surface area contributed by atoms with E-state index in [0.717, 1.165) is 30.3 Å². The van der Waals surface area contributed by atoms with Gasteiger partial charge in [0.2, 0.25) is 0 Å². The Balaban J connectivity index is 1.78. The first-order valence-electron chi connectivity index (χ1n) is 6.14. The summed E-state index contributed by atoms with van der Waals surface area (Å²) < 4.78 is 0. The molecule has 0 aromatic heterocycles. The number of nitrogens with zero attached hydrogens (tertiary/aromatic N) is 1. The first-order valence-corrected chi connectivity index (χ1v) is 6.52. The molecule has 0 spiro atoms. The number of rotatable bonds is 3. The topological polar surface area (TPSA) is 35.8 Å². The van der Waals surface area contributed by atoms with Crippen LogP contribution in [0.5, 0.6) is 0 Å². The molecule has 0 amide bonds. The molecule has 0 radical (unpaired) electrons. The molecule has 2 aliphatic rings. The van der Waals surface area contributed by atoms with Crippen molar-refractivity contribution in [2.75, 3.05) is 6.54 Å². The minimum absolute atomic E-state index is 0.393. The Hall–Kier alpha value is -1.04. The van der Waals surface area contributed by atoms with Crippen molar-refractivity contribution in [3.05, 3.63) is 34.3 Å². The highest BCUT2D eigenvalue weighted by Gasteiger charge is 2.38. The summed E-state index contributed by atoms with van der Waals surface area (Å²) in [5, 5.41) is 13.7. The maximum absolute atomic E-state index is 9.45. The second kappa shape index (κ2) is 4.01. The van der Waals surface area contributed by atoms with E-state index in [4.69, 9.17) is 11.6 Å². The number of halogens is 1. The van der Waals surface area contributed by atoms with Gasteiger partial charge >= 0.3 is 0 Å². The van der Waals surface area contributed by atoms with E-state index in [1.165, 1.54) is 24.0 Å². The highest BCUT2D eigenvalue weighted by Crippen LogP contribution is 2.33. The molecule has 88 valence electrons. The fraction of sp³-hybridized carbons (Fsp3) is 0.500. The van der Waals surface area contributed by atoms with Crippen molar-refractivity contribution in [3.8, 4) is 6.07 Å². The molecule has 3 heteroatoms. The van der Waals surface area contributed by atoms with Gasteiger partial charge in [-0.3, -0.25) is 5.32 Å². The molecule has 0 heterocycles. The van der Waals surface area contributed by atoms with Crippen LogP contribution >= 0.6 is 11.6 Å². The van der Waals surface area contributed by atoms with Gasteiger partial charge in [-0.05, 0) is 48.6 Å². The van der Waals surface area contributed by atoms with Crippen LogP contribution in [0.2, 0.25) is 5.02 Å². The minimum Gasteiger partial charge on any atom is -0.299 e. The van der Waals surface area contributed by atoms with Crippen molar-refractivity contribution in [3.63, 3.8) is 0 Å². The SMILES string of the molecule is N#CC1(NCC2CC2)Cc2ccc(Cl)cc2C1. The average Bonchev–Trinajstić information content (AvgIpc) is 3.08. The number of nitriles is 1. The third kappa shape index (κ3) is 2.18. The maximum Gasteiger partial charge on any atom is 0.114 e. The Labute approximate surface area is 107 Å². The van der Waals surface area contributed by atoms with Gasteiger partial charge in [0.15, 0.2) is 0 Å². The molecule has 3 rings (SSSR count). The monoisotopic (exact) mass is 246 g/mol. The van der Waals surface area contributed by atoms with Gasteiger partial charge in [0, 0.05) is 17.9 Å². The Morgan fingerprint density at radius 2 is 2.12 bits per heavy atom. The van der Waals surface area contributed by atoms with E-state index >= 15 is 0 Å². The van der Waals surface area contributed by atoms with Crippen LogP contribution in [0.3, 0.4) is 0 Å². The lowest BCUT2D eigenvalue weighted by atomic mass is 9.97. The number of hydrogen-bond acceptors (Lipinski definition) is 2. The highest BCUT2D eigenvalue weighted by atomic mass is 35.5. The van der Waals surface area contributed by atoms with Crippen LogP contribution in [0.4, 0.5) is 0 Å². The predicted molar refractivity (Wildman–Crippen MR) is 67.9 cm³/mol. The summed E-state index contributed by atoms with van der Waals surface area (Å²) in [6, 6.07) is 8.43. The smallest absolute Gasteiger partial charge is 0.114 e. The summed E-state index contributed by atoms with van der Waals surface area (Å²) >= 11 is 5.99. The van der Waals surface area contributed by atoms with Crippen LogP contribution in [0.15, 0.2) is 18.2 Å². The second-order valence-electron chi connectivity index (χ2n) is 5.28. The van der Waals surface area contributed by atoms with Crippen LogP contribution in [-0.4, -0.2) is 12.1 Å². The maximum atomic E-state index is 9.45. The average molecular weight is 247 g/mol. The molecule has 17 heavy (non-hydrogen) atoms. The first kappa shape index (κ1) is 11.1. The van der Waals surface area contributed by atoms with Gasteiger partial charge in [0.1, 0.15) is 5.54 Å². The van der Waals surface area contributed by atoms with Gasteiger partial charge < -0.3 is 0 Å². The van der Waals surface area contributed by atoms with Gasteiger partial charge in [0.05, 0.1) is 6.07 Å². The van der Waals surface area contributed by atoms with E-state index < -0.39 is 5.54 Å². The third-order valence-corrected chi connectivity index (χ3v) is 4.03. The number of benzene rings is 1. The zero-order valence-electron chi connectivity index (χ0n) is 9.67. The molecule has 0 aliphatic heterocycles. The Bertz CT molecular complexity index is 487. The lowest BCUT2D eigenvalue weighted by molar-refractivity contribution is 0.421. The van der Waals surface area contributed by atoms with Crippen molar-refractivity contribution in [2.45, 2.75) is 31.2 Å². The number of nitrogens with one attached hydrogen (secondary N) is 1. The van der Waals surface area contributed by atoms with Crippen LogP contribution < -0.4 is 5.32 Å². The zero-order chi connectivity index (χ0) is 11.9. The van der Waals surface area contributed by atoms with Gasteiger partial charge in [-0.1, -0.05) is 17.7 Å². The Morgan fingerprint density at radius 3 is 2.82 bits per heavy atom. The van der Waals surface area contributed by atoms with Crippen molar-refractivity contribution in [2.24, 2.45) is 5.92 Å². The summed E-state index contributed by atoms with van der Waals surface area (Å²) in [5.74, 6) is 0.799. The molecule has 1 N–H and O–H groups in total. The van der Waals surface area contributed by atoms with E-state index in [0.29, 0.717) is 0 Å². The Morgan fingerprint density at radius 1 is 1.35 bits per heavy atom. The lowest BCUT2D eigenvalue weighted by Gasteiger charge is -2.22. The number of fused-ring (bicyclic) bond motifs is 1. The molecule has 0 bridgehead atoms. The Kier molecular flexibility index (Phi) is 2.61. The molecule has 1 fully saturated rings. The standard InChI is InChI=1S/C14H15ClN2/c15-13-4-3-11-6-14(9-16,7-12(11)5-13)17-8-10-1-2-10/h3-5,10,17H,1-2,6-8H2. The summed E-state index contributed by atoms with van der Waals surface area (Å²) in [4.78, 5) is 0. The van der Waals surface area contributed by atoms with Crippen LogP contribution in [0.25, 0.3) is 0 Å². The van der Waals surface area contributed by atoms with Gasteiger partial charge in [-0.25, -0.2) is 0 Å². The second-order valence-corrected chi connectivity index (χ2v) is 5.72. The molecule has 1 saturated carbocycles. The summed E-state index contributed by atoms with van der Waals surface area (Å²) in [7, 11) is 0.